The highest BCUT2D eigenvalue weighted by Crippen LogP contribution is 2.30. The predicted octanol–water partition coefficient (Wildman–Crippen LogP) is 4.01. The minimum absolute atomic E-state index is 0.00341. The summed E-state index contributed by atoms with van der Waals surface area (Å²) >= 11 is 0. The standard InChI is InChI=1S/C19H23F2N3O3/c1-11(2)9-19(4,27-18(22)25)10-26-15-6-5-13(16(20)17(15)21)14-7-8-23-12(3)24-14/h5-8,11H,9-10H2,1-4H3,(H2,22,25)/t19-/m0/s1. The number of nitrogens with zero attached hydrogens (tertiary/aromatic N) is 2. The van der Waals surface area contributed by atoms with Crippen molar-refractivity contribution in [1.82, 2.24) is 9.97 Å². The fourth-order valence-electron chi connectivity index (χ4n) is 2.91. The van der Waals surface area contributed by atoms with Crippen molar-refractivity contribution in [3.63, 3.8) is 0 Å². The molecule has 27 heavy (non-hydrogen) atoms. The van der Waals surface area contributed by atoms with Crippen LogP contribution in [0.1, 0.15) is 33.0 Å². The molecular weight excluding hydrogens is 356 g/mol. The van der Waals surface area contributed by atoms with Crippen LogP contribution in [0.4, 0.5) is 13.6 Å². The molecule has 1 amide bonds. The monoisotopic (exact) mass is 379 g/mol. The van der Waals surface area contributed by atoms with Gasteiger partial charge in [-0.25, -0.2) is 19.2 Å². The molecule has 0 aliphatic carbocycles. The maximum absolute atomic E-state index is 14.5. The number of benzene rings is 1. The van der Waals surface area contributed by atoms with Gasteiger partial charge in [0.25, 0.3) is 0 Å². The van der Waals surface area contributed by atoms with Gasteiger partial charge in [-0.1, -0.05) is 13.8 Å². The molecule has 6 nitrogen and oxygen atoms in total. The first-order valence-electron chi connectivity index (χ1n) is 8.50. The average molecular weight is 379 g/mol. The molecule has 0 unspecified atom stereocenters. The molecule has 2 aromatic rings. The first-order chi connectivity index (χ1) is 12.6. The Hall–Kier alpha value is -2.77. The van der Waals surface area contributed by atoms with Crippen LogP contribution in [0.2, 0.25) is 0 Å². The summed E-state index contributed by atoms with van der Waals surface area (Å²) in [7, 11) is 0. The smallest absolute Gasteiger partial charge is 0.405 e. The molecule has 0 radical (unpaired) electrons. The highest BCUT2D eigenvalue weighted by Gasteiger charge is 2.31. The summed E-state index contributed by atoms with van der Waals surface area (Å²) in [5.74, 6) is -1.89. The average Bonchev–Trinajstić information content (AvgIpc) is 2.54. The van der Waals surface area contributed by atoms with Crippen LogP contribution in [0, 0.1) is 24.5 Å². The number of primary amides is 1. The number of aryl methyl sites for hydroxylation is 1. The van der Waals surface area contributed by atoms with Gasteiger partial charge in [0, 0.05) is 11.8 Å². The van der Waals surface area contributed by atoms with Gasteiger partial charge in [-0.05, 0) is 44.4 Å². The molecule has 0 aliphatic heterocycles. The van der Waals surface area contributed by atoms with Crippen LogP contribution in [0.25, 0.3) is 11.3 Å². The van der Waals surface area contributed by atoms with Crippen LogP contribution in [0.3, 0.4) is 0 Å². The number of carbonyl (C=O) groups is 1. The van der Waals surface area contributed by atoms with E-state index in [9.17, 15) is 13.6 Å². The van der Waals surface area contributed by atoms with Gasteiger partial charge in [0.05, 0.1) is 5.69 Å². The van der Waals surface area contributed by atoms with E-state index in [4.69, 9.17) is 15.2 Å². The van der Waals surface area contributed by atoms with E-state index in [-0.39, 0.29) is 29.5 Å². The van der Waals surface area contributed by atoms with Gasteiger partial charge in [-0.2, -0.15) is 4.39 Å². The second-order valence-corrected chi connectivity index (χ2v) is 6.99. The minimum atomic E-state index is -1.14. The quantitative estimate of drug-likeness (QED) is 0.785. The second-order valence-electron chi connectivity index (χ2n) is 6.99. The number of ether oxygens (including phenoxy) is 2. The Bertz CT molecular complexity index is 830. The Balaban J connectivity index is 2.24. The molecule has 1 aromatic heterocycles. The zero-order valence-corrected chi connectivity index (χ0v) is 15.8. The maximum atomic E-state index is 14.5. The molecule has 0 aliphatic rings. The fourth-order valence-corrected chi connectivity index (χ4v) is 2.91. The Morgan fingerprint density at radius 1 is 1.26 bits per heavy atom. The van der Waals surface area contributed by atoms with Crippen molar-refractivity contribution in [3.8, 4) is 17.0 Å². The van der Waals surface area contributed by atoms with Crippen LogP contribution < -0.4 is 10.5 Å². The number of aromatic nitrogens is 2. The fraction of sp³-hybridized carbons (Fsp3) is 0.421. The number of nitrogens with two attached hydrogens (primary N) is 1. The lowest BCUT2D eigenvalue weighted by atomic mass is 9.95. The van der Waals surface area contributed by atoms with Gasteiger partial charge >= 0.3 is 6.09 Å². The predicted molar refractivity (Wildman–Crippen MR) is 96.1 cm³/mol. The van der Waals surface area contributed by atoms with E-state index in [1.165, 1.54) is 24.4 Å². The third-order valence-electron chi connectivity index (χ3n) is 3.82. The van der Waals surface area contributed by atoms with E-state index >= 15 is 0 Å². The summed E-state index contributed by atoms with van der Waals surface area (Å²) in [6, 6.07) is 4.18. The van der Waals surface area contributed by atoms with Crippen molar-refractivity contribution in [1.29, 1.82) is 0 Å². The van der Waals surface area contributed by atoms with E-state index in [1.54, 1.807) is 13.8 Å². The van der Waals surface area contributed by atoms with Crippen molar-refractivity contribution in [2.24, 2.45) is 11.7 Å². The Morgan fingerprint density at radius 2 is 1.96 bits per heavy atom. The lowest BCUT2D eigenvalue weighted by molar-refractivity contribution is -0.0195. The molecule has 2 N–H and O–H groups in total. The van der Waals surface area contributed by atoms with Gasteiger partial charge < -0.3 is 15.2 Å². The van der Waals surface area contributed by atoms with Crippen LogP contribution in [0.15, 0.2) is 24.4 Å². The molecular formula is C19H23F2N3O3. The minimum Gasteiger partial charge on any atom is -0.486 e. The van der Waals surface area contributed by atoms with Gasteiger partial charge in [0.1, 0.15) is 18.0 Å². The molecule has 1 heterocycles. The number of hydrogen-bond acceptors (Lipinski definition) is 5. The first-order valence-corrected chi connectivity index (χ1v) is 8.50. The third-order valence-corrected chi connectivity index (χ3v) is 3.82. The normalized spacial score (nSPS) is 13.3. The van der Waals surface area contributed by atoms with Crippen molar-refractivity contribution >= 4 is 6.09 Å². The molecule has 0 spiro atoms. The summed E-state index contributed by atoms with van der Waals surface area (Å²) in [5, 5.41) is 0. The number of halogens is 2. The summed E-state index contributed by atoms with van der Waals surface area (Å²) in [5.41, 5.74) is 4.32. The zero-order valence-electron chi connectivity index (χ0n) is 15.8. The third kappa shape index (κ3) is 5.35. The Kier molecular flexibility index (Phi) is 6.30. The van der Waals surface area contributed by atoms with Crippen molar-refractivity contribution < 1.29 is 23.0 Å². The summed E-state index contributed by atoms with van der Waals surface area (Å²) < 4.78 is 39.5. The lowest BCUT2D eigenvalue weighted by Gasteiger charge is -2.30. The maximum Gasteiger partial charge on any atom is 0.405 e. The summed E-state index contributed by atoms with van der Waals surface area (Å²) in [4.78, 5) is 19.2. The van der Waals surface area contributed by atoms with Crippen LogP contribution >= 0.6 is 0 Å². The highest BCUT2D eigenvalue weighted by atomic mass is 19.2. The van der Waals surface area contributed by atoms with E-state index in [0.29, 0.717) is 12.2 Å². The molecule has 0 saturated heterocycles. The van der Waals surface area contributed by atoms with Crippen LogP contribution in [-0.4, -0.2) is 28.3 Å². The zero-order chi connectivity index (χ0) is 20.2. The van der Waals surface area contributed by atoms with Crippen molar-refractivity contribution in [3.05, 3.63) is 41.9 Å². The molecule has 0 saturated carbocycles. The molecule has 146 valence electrons. The molecule has 1 atom stereocenters. The van der Waals surface area contributed by atoms with E-state index < -0.39 is 23.3 Å². The summed E-state index contributed by atoms with van der Waals surface area (Å²) in [6.45, 7) is 6.98. The first kappa shape index (κ1) is 20.5. The van der Waals surface area contributed by atoms with Crippen molar-refractivity contribution in [2.75, 3.05) is 6.61 Å². The number of carbonyl (C=O) groups excluding carboxylic acids is 1. The topological polar surface area (TPSA) is 87.3 Å². The highest BCUT2D eigenvalue weighted by molar-refractivity contribution is 5.65. The second kappa shape index (κ2) is 8.28. The van der Waals surface area contributed by atoms with Crippen LogP contribution in [0.5, 0.6) is 5.75 Å². The van der Waals surface area contributed by atoms with Crippen LogP contribution in [-0.2, 0) is 4.74 Å². The van der Waals surface area contributed by atoms with E-state index in [2.05, 4.69) is 9.97 Å². The molecule has 2 rings (SSSR count). The van der Waals surface area contributed by atoms with Gasteiger partial charge in [0.2, 0.25) is 5.82 Å². The van der Waals surface area contributed by atoms with Gasteiger partial charge in [0.15, 0.2) is 11.6 Å². The number of rotatable bonds is 7. The Morgan fingerprint density at radius 3 is 2.56 bits per heavy atom. The molecule has 8 heteroatoms. The molecule has 0 bridgehead atoms. The number of amides is 1. The SMILES string of the molecule is Cc1nccc(-c2ccc(OC[C@](C)(CC(C)C)OC(N)=O)c(F)c2F)n1. The molecule has 0 fully saturated rings. The number of hydrogen-bond donors (Lipinski definition) is 1. The molecule has 1 aromatic carbocycles. The Labute approximate surface area is 156 Å². The summed E-state index contributed by atoms with van der Waals surface area (Å²) in [6.07, 6.45) is 0.957. The van der Waals surface area contributed by atoms with E-state index in [1.807, 2.05) is 13.8 Å². The largest absolute Gasteiger partial charge is 0.486 e. The van der Waals surface area contributed by atoms with Gasteiger partial charge in [-0.15, -0.1) is 0 Å². The van der Waals surface area contributed by atoms with E-state index in [0.717, 1.165) is 0 Å². The van der Waals surface area contributed by atoms with Gasteiger partial charge in [-0.3, -0.25) is 0 Å². The van der Waals surface area contributed by atoms with Crippen molar-refractivity contribution in [2.45, 2.75) is 39.7 Å². The lowest BCUT2D eigenvalue weighted by Crippen LogP contribution is -2.41.